The van der Waals surface area contributed by atoms with Gasteiger partial charge in [0.25, 0.3) is 0 Å². The van der Waals surface area contributed by atoms with Crippen LogP contribution in [0.3, 0.4) is 0 Å². The highest BCUT2D eigenvalue weighted by Crippen LogP contribution is 2.36. The van der Waals surface area contributed by atoms with Crippen molar-refractivity contribution in [3.63, 3.8) is 0 Å². The predicted octanol–water partition coefficient (Wildman–Crippen LogP) is 5.89. The van der Waals surface area contributed by atoms with Gasteiger partial charge in [0.15, 0.2) is 5.11 Å². The Bertz CT molecular complexity index is 1020. The zero-order valence-corrected chi connectivity index (χ0v) is 19.2. The summed E-state index contributed by atoms with van der Waals surface area (Å²) in [5, 5.41) is 15.3. The first-order valence-electron chi connectivity index (χ1n) is 11.3. The average Bonchev–Trinajstić information content (AvgIpc) is 2.85. The van der Waals surface area contributed by atoms with Gasteiger partial charge in [-0.05, 0) is 78.9 Å². The molecule has 1 saturated heterocycles. The first kappa shape index (κ1) is 22.3. The molecule has 4 nitrogen and oxygen atoms in total. The number of thiocarbonyl (C=S) groups is 1. The van der Waals surface area contributed by atoms with Crippen LogP contribution in [-0.2, 0) is 0 Å². The van der Waals surface area contributed by atoms with Gasteiger partial charge in [0.2, 0.25) is 0 Å². The minimum absolute atomic E-state index is 0.212. The summed E-state index contributed by atoms with van der Waals surface area (Å²) in [4.78, 5) is 2.19. The molecule has 4 rings (SSSR count). The van der Waals surface area contributed by atoms with E-state index < -0.39 is 6.10 Å². The van der Waals surface area contributed by atoms with E-state index >= 15 is 0 Å². The molecule has 0 radical (unpaired) electrons. The van der Waals surface area contributed by atoms with Crippen molar-refractivity contribution in [2.75, 3.05) is 25.0 Å². The third-order valence-electron chi connectivity index (χ3n) is 6.05. The molecule has 1 unspecified atom stereocenters. The number of aliphatic hydroxyl groups is 1. The van der Waals surface area contributed by atoms with Crippen molar-refractivity contribution >= 4 is 23.0 Å². The summed E-state index contributed by atoms with van der Waals surface area (Å²) in [6, 6.07) is 26.3. The van der Waals surface area contributed by atoms with Crippen LogP contribution in [0.5, 0.6) is 5.75 Å². The van der Waals surface area contributed by atoms with Crippen LogP contribution in [0.2, 0.25) is 0 Å². The Kier molecular flexibility index (Phi) is 7.40. The Morgan fingerprint density at radius 2 is 1.66 bits per heavy atom. The van der Waals surface area contributed by atoms with Crippen molar-refractivity contribution in [3.05, 3.63) is 84.4 Å². The lowest BCUT2D eigenvalue weighted by Crippen LogP contribution is -2.42. The Morgan fingerprint density at radius 3 is 2.34 bits per heavy atom. The van der Waals surface area contributed by atoms with Gasteiger partial charge in [-0.3, -0.25) is 0 Å². The number of likely N-dealkylation sites (tertiary alicyclic amines) is 1. The lowest BCUT2D eigenvalue weighted by molar-refractivity contribution is 0.0748. The number of nitrogens with zero attached hydrogens (tertiary/aromatic N) is 1. The van der Waals surface area contributed by atoms with E-state index in [1.54, 1.807) is 0 Å². The lowest BCUT2D eigenvalue weighted by Gasteiger charge is -2.36. The van der Waals surface area contributed by atoms with Crippen LogP contribution >= 0.6 is 12.2 Å². The number of benzene rings is 3. The van der Waals surface area contributed by atoms with Crippen LogP contribution in [0.25, 0.3) is 11.1 Å². The van der Waals surface area contributed by atoms with Crippen LogP contribution in [0, 0.1) is 5.92 Å². The first-order chi connectivity index (χ1) is 15.7. The Labute approximate surface area is 195 Å². The lowest BCUT2D eigenvalue weighted by atomic mass is 9.84. The van der Waals surface area contributed by atoms with Gasteiger partial charge < -0.3 is 20.1 Å². The highest BCUT2D eigenvalue weighted by atomic mass is 32.1. The van der Waals surface area contributed by atoms with E-state index in [-0.39, 0.29) is 5.92 Å². The number of piperidine rings is 1. The van der Waals surface area contributed by atoms with Gasteiger partial charge >= 0.3 is 0 Å². The van der Waals surface area contributed by atoms with E-state index in [4.69, 9.17) is 17.0 Å². The second-order valence-corrected chi connectivity index (χ2v) is 8.50. The number of ether oxygens (including phenoxy) is 1. The molecule has 0 bridgehead atoms. The highest BCUT2D eigenvalue weighted by Gasteiger charge is 2.28. The number of hydrogen-bond donors (Lipinski definition) is 2. The van der Waals surface area contributed by atoms with Gasteiger partial charge in [-0.2, -0.15) is 0 Å². The number of nitrogens with one attached hydrogen (secondary N) is 1. The predicted molar refractivity (Wildman–Crippen MR) is 135 cm³/mol. The summed E-state index contributed by atoms with van der Waals surface area (Å²) in [5.41, 5.74) is 4.21. The molecule has 2 N–H and O–H groups in total. The fourth-order valence-corrected chi connectivity index (χ4v) is 4.61. The van der Waals surface area contributed by atoms with Gasteiger partial charge in [-0.1, -0.05) is 54.6 Å². The van der Waals surface area contributed by atoms with Crippen LogP contribution in [0.1, 0.15) is 31.4 Å². The molecular weight excluding hydrogens is 416 g/mol. The highest BCUT2D eigenvalue weighted by molar-refractivity contribution is 7.80. The van der Waals surface area contributed by atoms with Gasteiger partial charge in [0, 0.05) is 18.8 Å². The molecule has 0 saturated carbocycles. The molecule has 32 heavy (non-hydrogen) atoms. The monoisotopic (exact) mass is 446 g/mol. The van der Waals surface area contributed by atoms with E-state index in [9.17, 15) is 5.11 Å². The standard InChI is InChI=1S/C27H30N2O2S/c1-2-31-23-14-12-22(13-15-23)28-27(32)29-18-16-21(17-19-29)26(30)25-11-7-6-10-24(25)20-8-4-3-5-9-20/h3-15,21,26,30H,2,16-19H2,1H3,(H,28,32). The van der Waals surface area contributed by atoms with E-state index in [1.807, 2.05) is 61.5 Å². The number of hydrogen-bond acceptors (Lipinski definition) is 3. The zero-order valence-electron chi connectivity index (χ0n) is 18.4. The summed E-state index contributed by atoms with van der Waals surface area (Å²) in [7, 11) is 0. The van der Waals surface area contributed by atoms with E-state index in [0.29, 0.717) is 6.61 Å². The largest absolute Gasteiger partial charge is 0.494 e. The second kappa shape index (κ2) is 10.6. The molecule has 1 atom stereocenters. The summed E-state index contributed by atoms with van der Waals surface area (Å²) < 4.78 is 5.49. The smallest absolute Gasteiger partial charge is 0.173 e. The fraction of sp³-hybridized carbons (Fsp3) is 0.296. The van der Waals surface area contributed by atoms with E-state index in [0.717, 1.165) is 59.2 Å². The third kappa shape index (κ3) is 5.29. The summed E-state index contributed by atoms with van der Waals surface area (Å²) in [5.74, 6) is 1.07. The maximum absolute atomic E-state index is 11.2. The average molecular weight is 447 g/mol. The topological polar surface area (TPSA) is 44.7 Å². The Balaban J connectivity index is 1.36. The van der Waals surface area contributed by atoms with Crippen molar-refractivity contribution < 1.29 is 9.84 Å². The molecule has 1 aliphatic rings. The number of anilines is 1. The Hall–Kier alpha value is -2.89. The molecule has 166 valence electrons. The zero-order chi connectivity index (χ0) is 22.3. The van der Waals surface area contributed by atoms with Gasteiger partial charge in [0.1, 0.15) is 5.75 Å². The normalized spacial score (nSPS) is 15.2. The molecule has 1 aliphatic heterocycles. The van der Waals surface area contributed by atoms with Crippen LogP contribution < -0.4 is 10.1 Å². The van der Waals surface area contributed by atoms with E-state index in [2.05, 4.69) is 34.5 Å². The van der Waals surface area contributed by atoms with Gasteiger partial charge in [0.05, 0.1) is 12.7 Å². The second-order valence-electron chi connectivity index (χ2n) is 8.11. The quantitative estimate of drug-likeness (QED) is 0.462. The fourth-order valence-electron chi connectivity index (χ4n) is 4.31. The first-order valence-corrected chi connectivity index (χ1v) is 11.7. The molecule has 5 heteroatoms. The maximum atomic E-state index is 11.2. The van der Waals surface area contributed by atoms with Crippen LogP contribution in [0.4, 0.5) is 5.69 Å². The molecule has 0 amide bonds. The van der Waals surface area contributed by atoms with Crippen LogP contribution in [0.15, 0.2) is 78.9 Å². The minimum Gasteiger partial charge on any atom is -0.494 e. The molecule has 0 aliphatic carbocycles. The van der Waals surface area contributed by atoms with Gasteiger partial charge in [-0.25, -0.2) is 0 Å². The summed E-state index contributed by atoms with van der Waals surface area (Å²) in [6.07, 6.45) is 1.31. The number of aliphatic hydroxyl groups excluding tert-OH is 1. The summed E-state index contributed by atoms with van der Waals surface area (Å²) in [6.45, 7) is 4.29. The minimum atomic E-state index is -0.485. The van der Waals surface area contributed by atoms with Crippen molar-refractivity contribution in [2.24, 2.45) is 5.92 Å². The molecule has 3 aromatic carbocycles. The molecule has 0 spiro atoms. The summed E-state index contributed by atoms with van der Waals surface area (Å²) >= 11 is 5.64. The van der Waals surface area contributed by atoms with Crippen molar-refractivity contribution in [3.8, 4) is 16.9 Å². The third-order valence-corrected chi connectivity index (χ3v) is 6.41. The Morgan fingerprint density at radius 1 is 1.00 bits per heavy atom. The van der Waals surface area contributed by atoms with E-state index in [1.165, 1.54) is 0 Å². The molecular formula is C27H30N2O2S. The number of rotatable bonds is 6. The van der Waals surface area contributed by atoms with Gasteiger partial charge in [-0.15, -0.1) is 0 Å². The van der Waals surface area contributed by atoms with Crippen molar-refractivity contribution in [1.29, 1.82) is 0 Å². The van der Waals surface area contributed by atoms with Crippen molar-refractivity contribution in [1.82, 2.24) is 4.90 Å². The SMILES string of the molecule is CCOc1ccc(NC(=S)N2CCC(C(O)c3ccccc3-c3ccccc3)CC2)cc1. The molecule has 3 aromatic rings. The van der Waals surface area contributed by atoms with Crippen molar-refractivity contribution in [2.45, 2.75) is 25.9 Å². The molecule has 0 aromatic heterocycles. The maximum Gasteiger partial charge on any atom is 0.173 e. The van der Waals surface area contributed by atoms with Crippen LogP contribution in [-0.4, -0.2) is 34.8 Å². The molecule has 1 fully saturated rings. The molecule has 1 heterocycles.